The number of carboxylic acid groups (broad SMARTS) is 1. The molecule has 0 aromatic carbocycles. The smallest absolute Gasteiger partial charge is 0.326 e. The molecule has 3 N–H and O–H groups in total. The summed E-state index contributed by atoms with van der Waals surface area (Å²) >= 11 is 0. The average molecular weight is 270 g/mol. The van der Waals surface area contributed by atoms with E-state index in [0.717, 1.165) is 32.1 Å². The summed E-state index contributed by atoms with van der Waals surface area (Å²) in [5.41, 5.74) is 0.249. The van der Waals surface area contributed by atoms with Crippen LogP contribution >= 0.6 is 0 Å². The maximum Gasteiger partial charge on any atom is 0.326 e. The standard InChI is InChI=1S/C14H26N2O3/c1-3-5-7-11(12(17)18)16-13(19)15-10-14(4-2)8-6-9-14/h11H,3-10H2,1-2H3,(H,17,18)(H2,15,16,19)/t11-/m0/s1. The predicted octanol–water partition coefficient (Wildman–Crippen LogP) is 2.51. The van der Waals surface area contributed by atoms with Gasteiger partial charge in [-0.3, -0.25) is 0 Å². The molecule has 0 unspecified atom stereocenters. The molecule has 0 aliphatic heterocycles. The number of urea groups is 1. The Bertz CT molecular complexity index is 308. The first kappa shape index (κ1) is 15.8. The van der Waals surface area contributed by atoms with Crippen molar-refractivity contribution in [1.29, 1.82) is 0 Å². The lowest BCUT2D eigenvalue weighted by molar-refractivity contribution is -0.139. The molecular weight excluding hydrogens is 244 g/mol. The van der Waals surface area contributed by atoms with Gasteiger partial charge in [-0.15, -0.1) is 0 Å². The molecule has 19 heavy (non-hydrogen) atoms. The number of unbranched alkanes of at least 4 members (excludes halogenated alkanes) is 1. The number of hydrogen-bond donors (Lipinski definition) is 3. The molecule has 0 heterocycles. The van der Waals surface area contributed by atoms with Gasteiger partial charge in [0.25, 0.3) is 0 Å². The van der Waals surface area contributed by atoms with E-state index in [2.05, 4.69) is 17.6 Å². The maximum atomic E-state index is 11.7. The van der Waals surface area contributed by atoms with E-state index in [1.54, 1.807) is 0 Å². The summed E-state index contributed by atoms with van der Waals surface area (Å²) in [5, 5.41) is 14.4. The van der Waals surface area contributed by atoms with Gasteiger partial charge >= 0.3 is 12.0 Å². The first-order chi connectivity index (χ1) is 9.03. The fourth-order valence-electron chi connectivity index (χ4n) is 2.47. The van der Waals surface area contributed by atoms with Gasteiger partial charge in [-0.25, -0.2) is 9.59 Å². The minimum Gasteiger partial charge on any atom is -0.480 e. The first-order valence-electron chi connectivity index (χ1n) is 7.30. The molecule has 0 aromatic rings. The molecule has 0 spiro atoms. The predicted molar refractivity (Wildman–Crippen MR) is 74.1 cm³/mol. The molecule has 1 atom stereocenters. The highest BCUT2D eigenvalue weighted by Gasteiger charge is 2.35. The largest absolute Gasteiger partial charge is 0.480 e. The van der Waals surface area contributed by atoms with Gasteiger partial charge in [0.05, 0.1) is 0 Å². The molecule has 5 nitrogen and oxygen atoms in total. The molecule has 1 rings (SSSR count). The zero-order valence-corrected chi connectivity index (χ0v) is 12.0. The lowest BCUT2D eigenvalue weighted by atomic mass is 9.67. The van der Waals surface area contributed by atoms with Crippen molar-refractivity contribution in [2.75, 3.05) is 6.54 Å². The van der Waals surface area contributed by atoms with Crippen LogP contribution in [0.5, 0.6) is 0 Å². The molecule has 0 saturated heterocycles. The van der Waals surface area contributed by atoms with E-state index < -0.39 is 12.0 Å². The molecule has 2 amide bonds. The minimum atomic E-state index is -0.961. The number of nitrogens with one attached hydrogen (secondary N) is 2. The Hall–Kier alpha value is -1.26. The van der Waals surface area contributed by atoms with Crippen LogP contribution in [0.4, 0.5) is 4.79 Å². The fraction of sp³-hybridized carbons (Fsp3) is 0.857. The molecular formula is C14H26N2O3. The summed E-state index contributed by atoms with van der Waals surface area (Å²) in [7, 11) is 0. The minimum absolute atomic E-state index is 0.249. The van der Waals surface area contributed by atoms with Gasteiger partial charge in [0.1, 0.15) is 6.04 Å². The van der Waals surface area contributed by atoms with Crippen LogP contribution in [-0.4, -0.2) is 29.7 Å². The zero-order chi connectivity index (χ0) is 14.3. The molecule has 0 radical (unpaired) electrons. The summed E-state index contributed by atoms with van der Waals surface area (Å²) in [6, 6.07) is -1.14. The monoisotopic (exact) mass is 270 g/mol. The highest BCUT2D eigenvalue weighted by atomic mass is 16.4. The Labute approximate surface area is 115 Å². The molecule has 1 fully saturated rings. The van der Waals surface area contributed by atoms with Crippen LogP contribution in [0.3, 0.4) is 0 Å². The Morgan fingerprint density at radius 2 is 2.00 bits per heavy atom. The van der Waals surface area contributed by atoms with Crippen LogP contribution in [0.1, 0.15) is 58.8 Å². The van der Waals surface area contributed by atoms with E-state index in [-0.39, 0.29) is 11.4 Å². The Balaban J connectivity index is 2.33. The van der Waals surface area contributed by atoms with Crippen molar-refractivity contribution >= 4 is 12.0 Å². The zero-order valence-electron chi connectivity index (χ0n) is 12.0. The second kappa shape index (κ2) is 7.36. The van der Waals surface area contributed by atoms with E-state index >= 15 is 0 Å². The quantitative estimate of drug-likeness (QED) is 0.634. The Morgan fingerprint density at radius 3 is 2.42 bits per heavy atom. The molecule has 1 aliphatic rings. The van der Waals surface area contributed by atoms with Crippen LogP contribution in [0.15, 0.2) is 0 Å². The summed E-state index contributed by atoms with van der Waals surface area (Å²) in [6.07, 6.45) is 6.81. The van der Waals surface area contributed by atoms with E-state index in [1.165, 1.54) is 6.42 Å². The van der Waals surface area contributed by atoms with Crippen molar-refractivity contribution in [3.63, 3.8) is 0 Å². The highest BCUT2D eigenvalue weighted by molar-refractivity contribution is 5.82. The summed E-state index contributed by atoms with van der Waals surface area (Å²) in [6.45, 7) is 4.79. The van der Waals surface area contributed by atoms with Gasteiger partial charge in [-0.05, 0) is 31.1 Å². The summed E-state index contributed by atoms with van der Waals surface area (Å²) < 4.78 is 0. The second-order valence-corrected chi connectivity index (χ2v) is 5.57. The molecule has 0 bridgehead atoms. The lowest BCUT2D eigenvalue weighted by Crippen LogP contribution is -2.49. The summed E-state index contributed by atoms with van der Waals surface area (Å²) in [5.74, 6) is -0.961. The SMILES string of the molecule is CCCC[C@H](NC(=O)NCC1(CC)CCC1)C(=O)O. The topological polar surface area (TPSA) is 78.4 Å². The summed E-state index contributed by atoms with van der Waals surface area (Å²) in [4.78, 5) is 22.8. The Kier molecular flexibility index (Phi) is 6.12. The van der Waals surface area contributed by atoms with Crippen LogP contribution < -0.4 is 10.6 Å². The van der Waals surface area contributed by atoms with Gasteiger partial charge in [-0.1, -0.05) is 33.1 Å². The van der Waals surface area contributed by atoms with E-state index in [9.17, 15) is 9.59 Å². The van der Waals surface area contributed by atoms with E-state index in [0.29, 0.717) is 13.0 Å². The van der Waals surface area contributed by atoms with Crippen LogP contribution in [-0.2, 0) is 4.79 Å². The number of aliphatic carboxylic acids is 1. The molecule has 1 saturated carbocycles. The van der Waals surface area contributed by atoms with E-state index in [4.69, 9.17) is 5.11 Å². The fourth-order valence-corrected chi connectivity index (χ4v) is 2.47. The second-order valence-electron chi connectivity index (χ2n) is 5.57. The lowest BCUT2D eigenvalue weighted by Gasteiger charge is -2.41. The average Bonchev–Trinajstić information content (AvgIpc) is 2.33. The molecule has 1 aliphatic carbocycles. The number of carbonyl (C=O) groups is 2. The highest BCUT2D eigenvalue weighted by Crippen LogP contribution is 2.42. The van der Waals surface area contributed by atoms with E-state index in [1.807, 2.05) is 6.92 Å². The molecule has 110 valence electrons. The number of hydrogen-bond acceptors (Lipinski definition) is 2. The van der Waals surface area contributed by atoms with Crippen molar-refractivity contribution in [3.05, 3.63) is 0 Å². The van der Waals surface area contributed by atoms with Crippen LogP contribution in [0, 0.1) is 5.41 Å². The van der Waals surface area contributed by atoms with Crippen molar-refractivity contribution < 1.29 is 14.7 Å². The molecule has 0 aromatic heterocycles. The number of carboxylic acids is 1. The number of amides is 2. The van der Waals surface area contributed by atoms with Gasteiger partial charge in [0.2, 0.25) is 0 Å². The van der Waals surface area contributed by atoms with Gasteiger partial charge in [0, 0.05) is 6.54 Å². The van der Waals surface area contributed by atoms with Crippen molar-refractivity contribution in [3.8, 4) is 0 Å². The van der Waals surface area contributed by atoms with Gasteiger partial charge in [0.15, 0.2) is 0 Å². The third-order valence-corrected chi connectivity index (χ3v) is 4.24. The van der Waals surface area contributed by atoms with Crippen LogP contribution in [0.25, 0.3) is 0 Å². The third kappa shape index (κ3) is 4.73. The maximum absolute atomic E-state index is 11.7. The van der Waals surface area contributed by atoms with Crippen molar-refractivity contribution in [2.45, 2.75) is 64.8 Å². The Morgan fingerprint density at radius 1 is 1.32 bits per heavy atom. The molecule has 5 heteroatoms. The number of carbonyl (C=O) groups excluding carboxylic acids is 1. The first-order valence-corrected chi connectivity index (χ1v) is 7.30. The van der Waals surface area contributed by atoms with Gasteiger partial charge in [-0.2, -0.15) is 0 Å². The third-order valence-electron chi connectivity index (χ3n) is 4.24. The van der Waals surface area contributed by atoms with Crippen molar-refractivity contribution in [2.24, 2.45) is 5.41 Å². The van der Waals surface area contributed by atoms with Crippen LogP contribution in [0.2, 0.25) is 0 Å². The number of rotatable bonds is 8. The van der Waals surface area contributed by atoms with Crippen molar-refractivity contribution in [1.82, 2.24) is 10.6 Å². The van der Waals surface area contributed by atoms with Gasteiger partial charge < -0.3 is 15.7 Å². The normalized spacial score (nSPS) is 18.2.